The maximum Gasteiger partial charge on any atom is 0.349 e. The molecule has 0 saturated heterocycles. The van der Waals surface area contributed by atoms with Crippen molar-refractivity contribution in [3.63, 3.8) is 0 Å². The van der Waals surface area contributed by atoms with Gasteiger partial charge in [0.15, 0.2) is 0 Å². The molecule has 0 spiro atoms. The van der Waals surface area contributed by atoms with E-state index in [9.17, 15) is 14.4 Å². The molecule has 2 aliphatic rings. The molecular formula is C21H27N3O4. The molecule has 1 unspecified atom stereocenters. The number of aldehydes is 1. The van der Waals surface area contributed by atoms with Crippen molar-refractivity contribution < 1.29 is 14.0 Å². The van der Waals surface area contributed by atoms with E-state index < -0.39 is 17.6 Å². The van der Waals surface area contributed by atoms with Crippen LogP contribution in [0.2, 0.25) is 0 Å². The molecule has 2 aliphatic heterocycles. The molecule has 3 heterocycles. The summed E-state index contributed by atoms with van der Waals surface area (Å²) in [7, 11) is 0. The van der Waals surface area contributed by atoms with Crippen LogP contribution in [0.4, 0.5) is 5.69 Å². The quantitative estimate of drug-likeness (QED) is 0.614. The molecule has 1 atom stereocenters. The van der Waals surface area contributed by atoms with Gasteiger partial charge in [0.2, 0.25) is 0 Å². The van der Waals surface area contributed by atoms with Crippen molar-refractivity contribution in [2.75, 3.05) is 24.5 Å². The minimum atomic E-state index is -0.797. The van der Waals surface area contributed by atoms with Gasteiger partial charge >= 0.3 is 5.63 Å². The summed E-state index contributed by atoms with van der Waals surface area (Å²) in [5.41, 5.74) is 8.87. The van der Waals surface area contributed by atoms with Gasteiger partial charge < -0.3 is 25.2 Å². The van der Waals surface area contributed by atoms with Crippen LogP contribution >= 0.6 is 0 Å². The fourth-order valence-corrected chi connectivity index (χ4v) is 3.96. The molecule has 1 amide bonds. The Bertz CT molecular complexity index is 949. The van der Waals surface area contributed by atoms with E-state index in [1.165, 1.54) is 11.3 Å². The van der Waals surface area contributed by atoms with Crippen molar-refractivity contribution in [1.29, 1.82) is 0 Å². The SMILES string of the molecule is CC.NC(C=O)CNC(=O)c1cc2cc3c4c(c2oc1=O)CCCN4CCC3. The third-order valence-electron chi connectivity index (χ3n) is 5.13. The lowest BCUT2D eigenvalue weighted by molar-refractivity contribution is -0.108. The number of carbonyl (C=O) groups is 2. The van der Waals surface area contributed by atoms with Crippen LogP contribution in [-0.2, 0) is 17.6 Å². The first-order chi connectivity index (χ1) is 13.6. The zero-order valence-electron chi connectivity index (χ0n) is 16.4. The number of anilines is 1. The second-order valence-corrected chi connectivity index (χ2v) is 6.93. The topological polar surface area (TPSA) is 106 Å². The maximum absolute atomic E-state index is 12.4. The number of amides is 1. The van der Waals surface area contributed by atoms with Crippen molar-refractivity contribution >= 4 is 28.8 Å². The van der Waals surface area contributed by atoms with Crippen LogP contribution in [0, 0.1) is 0 Å². The fraction of sp³-hybridized carbons (Fsp3) is 0.476. The summed E-state index contributed by atoms with van der Waals surface area (Å²) in [4.78, 5) is 37.6. The highest BCUT2D eigenvalue weighted by Crippen LogP contribution is 2.39. The Balaban J connectivity index is 0.00000109. The van der Waals surface area contributed by atoms with Crippen LogP contribution in [0.5, 0.6) is 0 Å². The Hall–Kier alpha value is -2.67. The summed E-state index contributed by atoms with van der Waals surface area (Å²) in [5, 5.41) is 3.27. The lowest BCUT2D eigenvalue weighted by Gasteiger charge is -2.37. The van der Waals surface area contributed by atoms with E-state index in [0.29, 0.717) is 11.9 Å². The van der Waals surface area contributed by atoms with E-state index in [0.717, 1.165) is 49.7 Å². The van der Waals surface area contributed by atoms with E-state index in [1.54, 1.807) is 6.07 Å². The van der Waals surface area contributed by atoms with Gasteiger partial charge in [0.05, 0.1) is 6.04 Å². The van der Waals surface area contributed by atoms with Crippen LogP contribution in [-0.4, -0.2) is 37.9 Å². The first-order valence-electron chi connectivity index (χ1n) is 9.95. The second-order valence-electron chi connectivity index (χ2n) is 6.93. The molecule has 28 heavy (non-hydrogen) atoms. The lowest BCUT2D eigenvalue weighted by Crippen LogP contribution is -2.39. The molecule has 2 aromatic rings. The van der Waals surface area contributed by atoms with Crippen molar-refractivity contribution in [1.82, 2.24) is 5.32 Å². The monoisotopic (exact) mass is 385 g/mol. The number of carbonyl (C=O) groups excluding carboxylic acids is 2. The highest BCUT2D eigenvalue weighted by Gasteiger charge is 2.27. The number of hydrogen-bond donors (Lipinski definition) is 2. The number of nitrogens with two attached hydrogens (primary N) is 1. The molecule has 0 bridgehead atoms. The minimum absolute atomic E-state index is 0.0236. The molecule has 7 heteroatoms. The highest BCUT2D eigenvalue weighted by molar-refractivity contribution is 5.98. The summed E-state index contributed by atoms with van der Waals surface area (Å²) in [5.74, 6) is -0.578. The molecule has 150 valence electrons. The summed E-state index contributed by atoms with van der Waals surface area (Å²) < 4.78 is 5.57. The summed E-state index contributed by atoms with van der Waals surface area (Å²) in [6.45, 7) is 6.05. The summed E-state index contributed by atoms with van der Waals surface area (Å²) >= 11 is 0. The van der Waals surface area contributed by atoms with Gasteiger partial charge in [-0.15, -0.1) is 0 Å². The van der Waals surface area contributed by atoms with Gasteiger partial charge in [0, 0.05) is 36.3 Å². The predicted octanol–water partition coefficient (Wildman–Crippen LogP) is 1.77. The minimum Gasteiger partial charge on any atom is -0.422 e. The molecule has 1 aromatic carbocycles. The smallest absolute Gasteiger partial charge is 0.349 e. The van der Waals surface area contributed by atoms with Gasteiger partial charge in [-0.1, -0.05) is 13.8 Å². The molecular weight excluding hydrogens is 358 g/mol. The number of benzene rings is 1. The van der Waals surface area contributed by atoms with E-state index in [4.69, 9.17) is 10.2 Å². The van der Waals surface area contributed by atoms with Crippen molar-refractivity contribution in [3.8, 4) is 0 Å². The third kappa shape index (κ3) is 3.67. The zero-order valence-corrected chi connectivity index (χ0v) is 16.4. The lowest BCUT2D eigenvalue weighted by atomic mass is 9.90. The van der Waals surface area contributed by atoms with Gasteiger partial charge in [-0.05, 0) is 43.4 Å². The molecule has 1 aromatic heterocycles. The summed E-state index contributed by atoms with van der Waals surface area (Å²) in [6, 6.07) is 2.82. The number of hydrogen-bond acceptors (Lipinski definition) is 6. The zero-order chi connectivity index (χ0) is 20.3. The largest absolute Gasteiger partial charge is 0.422 e. The normalized spacial score (nSPS) is 15.9. The van der Waals surface area contributed by atoms with Crippen LogP contribution in [0.25, 0.3) is 11.0 Å². The van der Waals surface area contributed by atoms with Gasteiger partial charge in [-0.3, -0.25) is 4.79 Å². The third-order valence-corrected chi connectivity index (χ3v) is 5.13. The number of rotatable bonds is 4. The number of fused-ring (bicyclic) bond motifs is 2. The second kappa shape index (κ2) is 8.56. The Morgan fingerprint density at radius 3 is 2.71 bits per heavy atom. The Morgan fingerprint density at radius 2 is 2.00 bits per heavy atom. The Kier molecular flexibility index (Phi) is 6.14. The van der Waals surface area contributed by atoms with Gasteiger partial charge in [-0.2, -0.15) is 0 Å². The van der Waals surface area contributed by atoms with Crippen LogP contribution in [0.3, 0.4) is 0 Å². The first-order valence-corrected chi connectivity index (χ1v) is 9.95. The van der Waals surface area contributed by atoms with Crippen molar-refractivity contribution in [2.24, 2.45) is 5.73 Å². The van der Waals surface area contributed by atoms with Crippen molar-refractivity contribution in [2.45, 2.75) is 45.6 Å². The number of nitrogens with one attached hydrogen (secondary N) is 1. The van der Waals surface area contributed by atoms with Gasteiger partial charge in [-0.25, -0.2) is 4.79 Å². The summed E-state index contributed by atoms with van der Waals surface area (Å²) in [6.07, 6.45) is 4.54. The van der Waals surface area contributed by atoms with Crippen LogP contribution in [0.1, 0.15) is 48.2 Å². The standard InChI is InChI=1S/C19H21N3O4.C2H6/c20-13(10-23)9-21-18(24)15-8-12-7-11-3-1-5-22-6-2-4-14(16(11)22)17(12)26-19(15)25;1-2/h7-8,10,13H,1-6,9,20H2,(H,21,24);1-2H3. The number of nitrogens with zero attached hydrogens (tertiary/aromatic N) is 1. The highest BCUT2D eigenvalue weighted by atomic mass is 16.4. The molecule has 7 nitrogen and oxygen atoms in total. The van der Waals surface area contributed by atoms with Crippen LogP contribution in [0.15, 0.2) is 21.3 Å². The van der Waals surface area contributed by atoms with Gasteiger partial charge in [0.25, 0.3) is 5.91 Å². The first kappa shape index (κ1) is 20.1. The number of aryl methyl sites for hydroxylation is 2. The molecule has 3 N–H and O–H groups in total. The average Bonchev–Trinajstić information content (AvgIpc) is 2.73. The molecule has 0 fully saturated rings. The maximum atomic E-state index is 12.4. The molecule has 4 rings (SSSR count). The van der Waals surface area contributed by atoms with E-state index >= 15 is 0 Å². The van der Waals surface area contributed by atoms with E-state index in [2.05, 4.69) is 10.2 Å². The van der Waals surface area contributed by atoms with Gasteiger partial charge in [0.1, 0.15) is 17.4 Å². The van der Waals surface area contributed by atoms with E-state index in [-0.39, 0.29) is 12.1 Å². The Morgan fingerprint density at radius 1 is 1.29 bits per heavy atom. The molecule has 0 saturated carbocycles. The van der Waals surface area contributed by atoms with E-state index in [1.807, 2.05) is 19.9 Å². The predicted molar refractivity (Wildman–Crippen MR) is 109 cm³/mol. The molecule has 0 aliphatic carbocycles. The fourth-order valence-electron chi connectivity index (χ4n) is 3.96. The molecule has 0 radical (unpaired) electrons. The average molecular weight is 385 g/mol. The Labute approximate surface area is 163 Å². The van der Waals surface area contributed by atoms with Crippen molar-refractivity contribution in [3.05, 3.63) is 39.2 Å². The van der Waals surface area contributed by atoms with Crippen LogP contribution < -0.4 is 21.6 Å².